The highest BCUT2D eigenvalue weighted by Crippen LogP contribution is 2.36. The van der Waals surface area contributed by atoms with Gasteiger partial charge in [-0.1, -0.05) is 49.4 Å². The summed E-state index contributed by atoms with van der Waals surface area (Å²) in [4.78, 5) is 2.38. The Labute approximate surface area is 131 Å². The standard InChI is InChI=1S/C19H22FNO/c1-2-21-13-12-19(15-21,17-8-10-18(20)11-9-17)22-14-16-6-4-3-5-7-16/h3-11H,2,12-15H2,1H3. The molecule has 1 unspecified atom stereocenters. The van der Waals surface area contributed by atoms with Crippen molar-refractivity contribution < 1.29 is 9.13 Å². The van der Waals surface area contributed by atoms with Gasteiger partial charge in [0, 0.05) is 13.1 Å². The van der Waals surface area contributed by atoms with Gasteiger partial charge in [-0.3, -0.25) is 0 Å². The third kappa shape index (κ3) is 3.21. The minimum absolute atomic E-state index is 0.202. The number of rotatable bonds is 5. The topological polar surface area (TPSA) is 12.5 Å². The second-order valence-electron chi connectivity index (χ2n) is 5.89. The summed E-state index contributed by atoms with van der Waals surface area (Å²) in [6.45, 7) is 5.63. The van der Waals surface area contributed by atoms with Gasteiger partial charge in [0.1, 0.15) is 11.4 Å². The fourth-order valence-electron chi connectivity index (χ4n) is 3.11. The average molecular weight is 299 g/mol. The third-order valence-electron chi connectivity index (χ3n) is 4.49. The predicted octanol–water partition coefficient (Wildman–Crippen LogP) is 3.96. The second kappa shape index (κ2) is 6.59. The smallest absolute Gasteiger partial charge is 0.123 e. The maximum absolute atomic E-state index is 13.2. The van der Waals surface area contributed by atoms with Crippen molar-refractivity contribution in [1.82, 2.24) is 4.90 Å². The van der Waals surface area contributed by atoms with Crippen molar-refractivity contribution in [3.8, 4) is 0 Å². The lowest BCUT2D eigenvalue weighted by atomic mass is 9.92. The molecular formula is C19H22FNO. The fraction of sp³-hybridized carbons (Fsp3) is 0.368. The van der Waals surface area contributed by atoms with Gasteiger partial charge in [-0.05, 0) is 36.2 Å². The second-order valence-corrected chi connectivity index (χ2v) is 5.89. The Morgan fingerprint density at radius 2 is 1.82 bits per heavy atom. The summed E-state index contributed by atoms with van der Waals surface area (Å²) in [6, 6.07) is 17.0. The molecule has 22 heavy (non-hydrogen) atoms. The summed E-state index contributed by atoms with van der Waals surface area (Å²) >= 11 is 0. The van der Waals surface area contributed by atoms with E-state index >= 15 is 0 Å². The zero-order valence-electron chi connectivity index (χ0n) is 13.0. The SMILES string of the molecule is CCN1CCC(OCc2ccccc2)(c2ccc(F)cc2)C1. The number of hydrogen-bond donors (Lipinski definition) is 0. The van der Waals surface area contributed by atoms with E-state index in [0.717, 1.165) is 31.6 Å². The molecule has 0 N–H and O–H groups in total. The van der Waals surface area contributed by atoms with Crippen molar-refractivity contribution in [2.45, 2.75) is 25.6 Å². The van der Waals surface area contributed by atoms with Gasteiger partial charge >= 0.3 is 0 Å². The average Bonchev–Trinajstić information content (AvgIpc) is 2.99. The van der Waals surface area contributed by atoms with Crippen LogP contribution in [0.4, 0.5) is 4.39 Å². The molecule has 1 atom stereocenters. The van der Waals surface area contributed by atoms with Gasteiger partial charge in [0.25, 0.3) is 0 Å². The van der Waals surface area contributed by atoms with Crippen LogP contribution in [0.3, 0.4) is 0 Å². The van der Waals surface area contributed by atoms with E-state index in [2.05, 4.69) is 24.0 Å². The first kappa shape index (κ1) is 15.2. The van der Waals surface area contributed by atoms with Crippen molar-refractivity contribution in [3.05, 3.63) is 71.5 Å². The van der Waals surface area contributed by atoms with E-state index < -0.39 is 0 Å². The molecule has 1 aliphatic rings. The number of hydrogen-bond acceptors (Lipinski definition) is 2. The lowest BCUT2D eigenvalue weighted by Crippen LogP contribution is -2.33. The highest BCUT2D eigenvalue weighted by molar-refractivity contribution is 5.26. The minimum atomic E-state index is -0.334. The summed E-state index contributed by atoms with van der Waals surface area (Å²) in [5, 5.41) is 0. The van der Waals surface area contributed by atoms with Crippen LogP contribution in [-0.2, 0) is 16.9 Å². The molecule has 2 nitrogen and oxygen atoms in total. The highest BCUT2D eigenvalue weighted by atomic mass is 19.1. The third-order valence-corrected chi connectivity index (χ3v) is 4.49. The molecule has 2 aromatic rings. The molecule has 3 heteroatoms. The van der Waals surface area contributed by atoms with Crippen LogP contribution in [-0.4, -0.2) is 24.5 Å². The van der Waals surface area contributed by atoms with Crippen molar-refractivity contribution in [2.24, 2.45) is 0 Å². The number of halogens is 1. The Morgan fingerprint density at radius 3 is 2.45 bits per heavy atom. The van der Waals surface area contributed by atoms with Crippen LogP contribution >= 0.6 is 0 Å². The monoisotopic (exact) mass is 299 g/mol. The van der Waals surface area contributed by atoms with E-state index in [1.54, 1.807) is 0 Å². The molecule has 0 spiro atoms. The van der Waals surface area contributed by atoms with Gasteiger partial charge < -0.3 is 9.64 Å². The molecule has 2 aromatic carbocycles. The predicted molar refractivity (Wildman–Crippen MR) is 86.0 cm³/mol. The van der Waals surface area contributed by atoms with Gasteiger partial charge in [-0.25, -0.2) is 4.39 Å². The minimum Gasteiger partial charge on any atom is -0.364 e. The van der Waals surface area contributed by atoms with E-state index in [1.807, 2.05) is 30.3 Å². The zero-order valence-corrected chi connectivity index (χ0v) is 13.0. The van der Waals surface area contributed by atoms with Crippen molar-refractivity contribution in [2.75, 3.05) is 19.6 Å². The highest BCUT2D eigenvalue weighted by Gasteiger charge is 2.40. The molecule has 1 aliphatic heterocycles. The Balaban J connectivity index is 1.82. The van der Waals surface area contributed by atoms with E-state index in [-0.39, 0.29) is 11.4 Å². The lowest BCUT2D eigenvalue weighted by Gasteiger charge is -2.30. The molecule has 3 rings (SSSR count). The zero-order chi connectivity index (χ0) is 15.4. The summed E-state index contributed by atoms with van der Waals surface area (Å²) in [5.41, 5.74) is 1.90. The van der Waals surface area contributed by atoms with Gasteiger partial charge in [-0.15, -0.1) is 0 Å². The van der Waals surface area contributed by atoms with Crippen LogP contribution in [0.2, 0.25) is 0 Å². The first-order valence-electron chi connectivity index (χ1n) is 7.88. The summed E-state index contributed by atoms with van der Waals surface area (Å²) < 4.78 is 19.6. The molecule has 0 aliphatic carbocycles. The van der Waals surface area contributed by atoms with Crippen LogP contribution < -0.4 is 0 Å². The first-order valence-corrected chi connectivity index (χ1v) is 7.88. The van der Waals surface area contributed by atoms with Crippen molar-refractivity contribution >= 4 is 0 Å². The molecule has 0 aromatic heterocycles. The first-order chi connectivity index (χ1) is 10.7. The number of likely N-dealkylation sites (N-methyl/N-ethyl adjacent to an activating group) is 1. The molecule has 0 saturated carbocycles. The maximum Gasteiger partial charge on any atom is 0.123 e. The Morgan fingerprint density at radius 1 is 1.09 bits per heavy atom. The van der Waals surface area contributed by atoms with Gasteiger partial charge in [0.05, 0.1) is 6.61 Å². The normalized spacial score (nSPS) is 22.1. The fourth-order valence-corrected chi connectivity index (χ4v) is 3.11. The number of benzene rings is 2. The Kier molecular flexibility index (Phi) is 4.55. The molecular weight excluding hydrogens is 277 g/mol. The Bertz CT molecular complexity index is 599. The summed E-state index contributed by atoms with van der Waals surface area (Å²) in [6.07, 6.45) is 0.944. The summed E-state index contributed by atoms with van der Waals surface area (Å²) in [7, 11) is 0. The van der Waals surface area contributed by atoms with Crippen LogP contribution in [0.15, 0.2) is 54.6 Å². The summed E-state index contributed by atoms with van der Waals surface area (Å²) in [5.74, 6) is -0.202. The van der Waals surface area contributed by atoms with Crippen LogP contribution in [0.5, 0.6) is 0 Å². The number of nitrogens with zero attached hydrogens (tertiary/aromatic N) is 1. The van der Waals surface area contributed by atoms with Gasteiger partial charge in [0.15, 0.2) is 0 Å². The maximum atomic E-state index is 13.2. The molecule has 0 bridgehead atoms. The largest absolute Gasteiger partial charge is 0.364 e. The van der Waals surface area contributed by atoms with Gasteiger partial charge in [-0.2, -0.15) is 0 Å². The van der Waals surface area contributed by atoms with Crippen LogP contribution in [0.1, 0.15) is 24.5 Å². The number of likely N-dealkylation sites (tertiary alicyclic amines) is 1. The van der Waals surface area contributed by atoms with Crippen LogP contribution in [0.25, 0.3) is 0 Å². The molecule has 116 valence electrons. The lowest BCUT2D eigenvalue weighted by molar-refractivity contribution is -0.0536. The number of ether oxygens (including phenoxy) is 1. The van der Waals surface area contributed by atoms with Crippen molar-refractivity contribution in [3.63, 3.8) is 0 Å². The van der Waals surface area contributed by atoms with E-state index in [9.17, 15) is 4.39 Å². The Hall–Kier alpha value is -1.71. The molecule has 1 heterocycles. The molecule has 0 radical (unpaired) electrons. The van der Waals surface area contributed by atoms with Crippen LogP contribution in [0, 0.1) is 5.82 Å². The van der Waals surface area contributed by atoms with Crippen molar-refractivity contribution in [1.29, 1.82) is 0 Å². The van der Waals surface area contributed by atoms with E-state index in [1.165, 1.54) is 17.7 Å². The molecule has 0 amide bonds. The quantitative estimate of drug-likeness (QED) is 0.828. The van der Waals surface area contributed by atoms with Gasteiger partial charge in [0.2, 0.25) is 0 Å². The van der Waals surface area contributed by atoms with E-state index in [0.29, 0.717) is 6.61 Å². The molecule has 1 saturated heterocycles. The van der Waals surface area contributed by atoms with E-state index in [4.69, 9.17) is 4.74 Å². The molecule has 1 fully saturated rings.